The zero-order valence-corrected chi connectivity index (χ0v) is 15.8. The third kappa shape index (κ3) is 4.72. The van der Waals surface area contributed by atoms with Gasteiger partial charge in [-0.3, -0.25) is 25.2 Å². The molecule has 10 heteroatoms. The Morgan fingerprint density at radius 3 is 2.11 bits per heavy atom. The summed E-state index contributed by atoms with van der Waals surface area (Å²) in [5.74, 6) is -1.54. The number of thiophene rings is 1. The molecular formula is C18H14FN3O4S2. The second-order valence-electron chi connectivity index (χ2n) is 5.52. The van der Waals surface area contributed by atoms with Gasteiger partial charge < -0.3 is 0 Å². The van der Waals surface area contributed by atoms with E-state index in [1.165, 1.54) is 35.6 Å². The van der Waals surface area contributed by atoms with E-state index in [4.69, 9.17) is 0 Å². The largest absolute Gasteiger partial charge is 0.280 e. The summed E-state index contributed by atoms with van der Waals surface area (Å²) < 4.78 is 39.8. The van der Waals surface area contributed by atoms with Crippen LogP contribution in [-0.2, 0) is 10.0 Å². The summed E-state index contributed by atoms with van der Waals surface area (Å²) in [7, 11) is -3.88. The first-order valence-electron chi connectivity index (χ1n) is 7.88. The van der Waals surface area contributed by atoms with Crippen molar-refractivity contribution < 1.29 is 22.4 Å². The number of carbonyl (C=O) groups excluding carboxylic acids is 2. The Hall–Kier alpha value is -3.24. The monoisotopic (exact) mass is 419 g/mol. The molecule has 7 nitrogen and oxygen atoms in total. The predicted molar refractivity (Wildman–Crippen MR) is 103 cm³/mol. The van der Waals surface area contributed by atoms with Gasteiger partial charge in [0, 0.05) is 11.3 Å². The molecule has 0 aliphatic carbocycles. The van der Waals surface area contributed by atoms with Gasteiger partial charge in [0.1, 0.15) is 5.82 Å². The zero-order valence-electron chi connectivity index (χ0n) is 14.2. The lowest BCUT2D eigenvalue weighted by atomic mass is 10.2. The van der Waals surface area contributed by atoms with Crippen LogP contribution in [0.25, 0.3) is 0 Å². The van der Waals surface area contributed by atoms with Crippen LogP contribution in [0.3, 0.4) is 0 Å². The maximum atomic E-state index is 12.9. The topological polar surface area (TPSA) is 104 Å². The Kier molecular flexibility index (Phi) is 5.71. The Morgan fingerprint density at radius 1 is 0.857 bits per heavy atom. The molecule has 2 aromatic carbocycles. The van der Waals surface area contributed by atoms with Crippen molar-refractivity contribution in [1.82, 2.24) is 10.9 Å². The van der Waals surface area contributed by atoms with Crippen molar-refractivity contribution in [3.8, 4) is 0 Å². The van der Waals surface area contributed by atoms with Gasteiger partial charge in [0.05, 0.1) is 9.77 Å². The number of sulfonamides is 1. The summed E-state index contributed by atoms with van der Waals surface area (Å²) in [6.45, 7) is 0. The van der Waals surface area contributed by atoms with E-state index < -0.39 is 27.7 Å². The van der Waals surface area contributed by atoms with E-state index in [1.54, 1.807) is 17.5 Å². The minimum absolute atomic E-state index is 0.0907. The fraction of sp³-hybridized carbons (Fsp3) is 0. The highest BCUT2D eigenvalue weighted by Gasteiger charge is 2.15. The van der Waals surface area contributed by atoms with Crippen molar-refractivity contribution in [3.05, 3.63) is 82.3 Å². The van der Waals surface area contributed by atoms with Crippen LogP contribution >= 0.6 is 11.3 Å². The van der Waals surface area contributed by atoms with Crippen LogP contribution in [0.4, 0.5) is 10.1 Å². The molecule has 0 saturated heterocycles. The highest BCUT2D eigenvalue weighted by atomic mass is 32.2. The minimum atomic E-state index is -3.88. The van der Waals surface area contributed by atoms with E-state index in [-0.39, 0.29) is 16.1 Å². The van der Waals surface area contributed by atoms with Crippen LogP contribution in [0.1, 0.15) is 20.0 Å². The molecule has 3 N–H and O–H groups in total. The summed E-state index contributed by atoms with van der Waals surface area (Å²) in [4.78, 5) is 24.2. The number of amides is 2. The fourth-order valence-corrected chi connectivity index (χ4v) is 3.85. The quantitative estimate of drug-likeness (QED) is 0.553. The molecule has 1 aromatic heterocycles. The number of hydrogen-bond acceptors (Lipinski definition) is 5. The molecule has 0 aliphatic rings. The average Bonchev–Trinajstić information content (AvgIpc) is 3.21. The van der Waals surface area contributed by atoms with E-state index >= 15 is 0 Å². The van der Waals surface area contributed by atoms with Gasteiger partial charge in [-0.1, -0.05) is 6.07 Å². The van der Waals surface area contributed by atoms with Crippen LogP contribution in [0, 0.1) is 5.82 Å². The summed E-state index contributed by atoms with van der Waals surface area (Å²) in [6, 6.07) is 13.3. The third-order valence-corrected chi connectivity index (χ3v) is 5.82. The summed E-state index contributed by atoms with van der Waals surface area (Å²) in [6.07, 6.45) is 0. The van der Waals surface area contributed by atoms with Crippen molar-refractivity contribution in [2.75, 3.05) is 4.72 Å². The molecule has 2 amide bonds. The van der Waals surface area contributed by atoms with Gasteiger partial charge in [-0.15, -0.1) is 11.3 Å². The van der Waals surface area contributed by atoms with Crippen molar-refractivity contribution in [2.45, 2.75) is 4.90 Å². The molecule has 0 fully saturated rings. The molecule has 3 aromatic rings. The molecule has 0 unspecified atom stereocenters. The highest BCUT2D eigenvalue weighted by molar-refractivity contribution is 7.92. The van der Waals surface area contributed by atoms with E-state index in [2.05, 4.69) is 15.6 Å². The molecule has 0 spiro atoms. The number of benzene rings is 2. The molecule has 0 radical (unpaired) electrons. The van der Waals surface area contributed by atoms with Crippen LogP contribution in [0.15, 0.2) is 70.9 Å². The van der Waals surface area contributed by atoms with Crippen molar-refractivity contribution in [1.29, 1.82) is 0 Å². The first-order valence-corrected chi connectivity index (χ1v) is 10.2. The van der Waals surface area contributed by atoms with Gasteiger partial charge in [-0.05, 0) is 60.0 Å². The summed E-state index contributed by atoms with van der Waals surface area (Å²) in [5, 5.41) is 1.74. The number of nitrogens with one attached hydrogen (secondary N) is 3. The Balaban J connectivity index is 1.62. The van der Waals surface area contributed by atoms with Crippen LogP contribution < -0.4 is 15.6 Å². The van der Waals surface area contributed by atoms with Crippen molar-refractivity contribution >= 4 is 38.9 Å². The van der Waals surface area contributed by atoms with Gasteiger partial charge in [0.25, 0.3) is 21.8 Å². The number of hydrogen-bond donors (Lipinski definition) is 3. The van der Waals surface area contributed by atoms with Gasteiger partial charge in [-0.25, -0.2) is 12.8 Å². The van der Waals surface area contributed by atoms with Gasteiger partial charge >= 0.3 is 0 Å². The molecule has 0 saturated carbocycles. The van der Waals surface area contributed by atoms with E-state index in [0.717, 1.165) is 24.3 Å². The number of hydrazine groups is 1. The lowest BCUT2D eigenvalue weighted by Gasteiger charge is -2.09. The standard InChI is InChI=1S/C18H14FN3O4S2/c19-13-5-9-15(10-6-13)28(25,26)22-14-7-3-12(4-8-14)17(23)20-21-18(24)16-2-1-11-27-16/h1-11,22H,(H,20,23)(H,21,24). The molecule has 0 atom stereocenters. The van der Waals surface area contributed by atoms with Gasteiger partial charge in [0.2, 0.25) is 0 Å². The van der Waals surface area contributed by atoms with Crippen molar-refractivity contribution in [2.24, 2.45) is 0 Å². The average molecular weight is 419 g/mol. The maximum absolute atomic E-state index is 12.9. The summed E-state index contributed by atoms with van der Waals surface area (Å²) in [5.41, 5.74) is 5.02. The van der Waals surface area contributed by atoms with Gasteiger partial charge in [0.15, 0.2) is 0 Å². The Morgan fingerprint density at radius 2 is 1.50 bits per heavy atom. The molecule has 28 heavy (non-hydrogen) atoms. The lowest BCUT2D eigenvalue weighted by molar-refractivity contribution is 0.0849. The number of halogens is 1. The Bertz CT molecular complexity index is 1080. The lowest BCUT2D eigenvalue weighted by Crippen LogP contribution is -2.41. The van der Waals surface area contributed by atoms with Crippen molar-refractivity contribution in [3.63, 3.8) is 0 Å². The molecular weight excluding hydrogens is 405 g/mol. The number of carbonyl (C=O) groups is 2. The van der Waals surface area contributed by atoms with E-state index in [0.29, 0.717) is 4.88 Å². The SMILES string of the molecule is O=C(NNC(=O)c1cccs1)c1ccc(NS(=O)(=O)c2ccc(F)cc2)cc1. The predicted octanol–water partition coefficient (Wildman–Crippen LogP) is 2.76. The van der Waals surface area contributed by atoms with Crippen LogP contribution in [0.2, 0.25) is 0 Å². The van der Waals surface area contributed by atoms with E-state index in [1.807, 2.05) is 0 Å². The first-order chi connectivity index (χ1) is 13.3. The zero-order chi connectivity index (χ0) is 20.1. The Labute approximate surface area is 164 Å². The minimum Gasteiger partial charge on any atom is -0.280 e. The molecule has 3 rings (SSSR count). The molecule has 1 heterocycles. The maximum Gasteiger partial charge on any atom is 0.279 e. The summed E-state index contributed by atoms with van der Waals surface area (Å²) >= 11 is 1.24. The molecule has 0 aliphatic heterocycles. The highest BCUT2D eigenvalue weighted by Crippen LogP contribution is 2.17. The number of rotatable bonds is 5. The third-order valence-electron chi connectivity index (χ3n) is 3.56. The molecule has 0 bridgehead atoms. The van der Waals surface area contributed by atoms with Crippen LogP contribution in [0.5, 0.6) is 0 Å². The molecule has 144 valence electrons. The smallest absolute Gasteiger partial charge is 0.279 e. The normalized spacial score (nSPS) is 10.9. The van der Waals surface area contributed by atoms with E-state index in [9.17, 15) is 22.4 Å². The second kappa shape index (κ2) is 8.19. The van der Waals surface area contributed by atoms with Crippen LogP contribution in [-0.4, -0.2) is 20.2 Å². The second-order valence-corrected chi connectivity index (χ2v) is 8.15. The van der Waals surface area contributed by atoms with Gasteiger partial charge in [-0.2, -0.15) is 0 Å². The first kappa shape index (κ1) is 19.5. The number of anilines is 1. The fourth-order valence-electron chi connectivity index (χ4n) is 2.17.